The number of carbonyl (C=O) groups is 2. The molecule has 2 amide bonds. The monoisotopic (exact) mass is 459 g/mol. The van der Waals surface area contributed by atoms with Gasteiger partial charge >= 0.3 is 0 Å². The van der Waals surface area contributed by atoms with Crippen LogP contribution in [0, 0.1) is 0 Å². The van der Waals surface area contributed by atoms with Gasteiger partial charge in [0.05, 0.1) is 0 Å². The van der Waals surface area contributed by atoms with Gasteiger partial charge in [0.2, 0.25) is 0 Å². The Morgan fingerprint density at radius 2 is 0.778 bits per heavy atom. The van der Waals surface area contributed by atoms with Gasteiger partial charge in [-0.3, -0.25) is 14.5 Å². The lowest BCUT2D eigenvalue weighted by atomic mass is 9.82. The van der Waals surface area contributed by atoms with E-state index in [1.165, 1.54) is 48.0 Å². The molecule has 0 aliphatic carbocycles. The number of hydrogen-bond acceptors (Lipinski definition) is 2. The molecular weight excluding hydrogens is 442 g/mol. The molecule has 3 nitrogen and oxygen atoms in total. The van der Waals surface area contributed by atoms with Gasteiger partial charge in [-0.1, -0.05) is 72.8 Å². The first kappa shape index (κ1) is 18.6. The highest BCUT2D eigenvalue weighted by Crippen LogP contribution is 2.48. The van der Waals surface area contributed by atoms with Crippen LogP contribution in [0.25, 0.3) is 75.4 Å². The normalized spacial score (nSPS) is 14.3. The van der Waals surface area contributed by atoms with Gasteiger partial charge in [-0.05, 0) is 82.2 Å². The molecule has 0 radical (unpaired) electrons. The van der Waals surface area contributed by atoms with Crippen LogP contribution in [0.15, 0.2) is 84.9 Å². The minimum absolute atomic E-state index is 0.239. The maximum absolute atomic E-state index is 13.0. The summed E-state index contributed by atoms with van der Waals surface area (Å²) >= 11 is 0. The Morgan fingerprint density at radius 1 is 0.417 bits per heavy atom. The third-order valence-electron chi connectivity index (χ3n) is 8.46. The number of nitrogens with zero attached hydrogens (tertiary/aromatic N) is 1. The lowest BCUT2D eigenvalue weighted by Gasteiger charge is -2.26. The highest BCUT2D eigenvalue weighted by atomic mass is 16.2. The van der Waals surface area contributed by atoms with Gasteiger partial charge in [-0.15, -0.1) is 0 Å². The SMILES string of the molecule is CN1C(=O)c2ccc3c4ccc5c6cccc7cccc(c8ccc(c9ccc(c2c39)C1=O)c4c58)c76. The quantitative estimate of drug-likeness (QED) is 0.131. The average molecular weight is 460 g/mol. The lowest BCUT2D eigenvalue weighted by Crippen LogP contribution is -2.36. The Morgan fingerprint density at radius 3 is 1.22 bits per heavy atom. The molecule has 8 aromatic rings. The predicted octanol–water partition coefficient (Wildman–Crippen LogP) is 7.86. The molecule has 9 rings (SSSR count). The maximum atomic E-state index is 13.0. The van der Waals surface area contributed by atoms with E-state index < -0.39 is 0 Å². The third kappa shape index (κ3) is 1.88. The van der Waals surface area contributed by atoms with Crippen molar-refractivity contribution >= 4 is 87.2 Å². The van der Waals surface area contributed by atoms with Gasteiger partial charge in [0.15, 0.2) is 0 Å². The van der Waals surface area contributed by atoms with Crippen molar-refractivity contribution < 1.29 is 9.59 Å². The number of hydrogen-bond donors (Lipinski definition) is 0. The van der Waals surface area contributed by atoms with Crippen LogP contribution in [0.1, 0.15) is 20.7 Å². The summed E-state index contributed by atoms with van der Waals surface area (Å²) in [5.74, 6) is -0.478. The van der Waals surface area contributed by atoms with Gasteiger partial charge in [-0.25, -0.2) is 0 Å². The summed E-state index contributed by atoms with van der Waals surface area (Å²) in [5, 5.41) is 16.4. The summed E-state index contributed by atoms with van der Waals surface area (Å²) in [4.78, 5) is 27.3. The molecule has 0 fully saturated rings. The van der Waals surface area contributed by atoms with Crippen molar-refractivity contribution in [3.05, 3.63) is 96.1 Å². The highest BCUT2D eigenvalue weighted by Gasteiger charge is 2.32. The van der Waals surface area contributed by atoms with Crippen molar-refractivity contribution in [1.29, 1.82) is 0 Å². The van der Waals surface area contributed by atoms with Crippen molar-refractivity contribution in [3.8, 4) is 0 Å². The van der Waals surface area contributed by atoms with E-state index in [1.807, 2.05) is 12.1 Å². The average Bonchev–Trinajstić information content (AvgIpc) is 2.92. The van der Waals surface area contributed by atoms with Gasteiger partial charge in [0.25, 0.3) is 11.8 Å². The molecular formula is C33H17NO2. The Kier molecular flexibility index (Phi) is 3.04. The second-order valence-corrected chi connectivity index (χ2v) is 10.0. The fourth-order valence-electron chi connectivity index (χ4n) is 6.94. The summed E-state index contributed by atoms with van der Waals surface area (Å²) in [6.45, 7) is 0. The largest absolute Gasteiger partial charge is 0.277 e. The van der Waals surface area contributed by atoms with E-state index in [4.69, 9.17) is 0 Å². The standard InChI is InChI=1S/C33H17NO2/c1-34-32(35)25-14-12-23-21-10-8-19-17-6-2-4-16-5-3-7-18(27(16)17)20-9-11-22(29(21)28(19)20)24-13-15-26(33(34)36)31(25)30(23)24/h2-15H,1H3. The summed E-state index contributed by atoms with van der Waals surface area (Å²) in [5.41, 5.74) is 1.20. The van der Waals surface area contributed by atoms with E-state index in [2.05, 4.69) is 72.8 Å². The van der Waals surface area contributed by atoms with Crippen molar-refractivity contribution in [2.45, 2.75) is 0 Å². The van der Waals surface area contributed by atoms with Gasteiger partial charge in [0.1, 0.15) is 0 Å². The molecule has 0 saturated carbocycles. The van der Waals surface area contributed by atoms with Gasteiger partial charge < -0.3 is 0 Å². The van der Waals surface area contributed by atoms with E-state index in [9.17, 15) is 9.59 Å². The first-order valence-corrected chi connectivity index (χ1v) is 12.2. The zero-order valence-electron chi connectivity index (χ0n) is 19.3. The molecule has 0 atom stereocenters. The van der Waals surface area contributed by atoms with Crippen LogP contribution >= 0.6 is 0 Å². The number of amides is 2. The molecule has 0 saturated heterocycles. The summed E-state index contributed by atoms with van der Waals surface area (Å²) in [6.07, 6.45) is 0. The summed E-state index contributed by atoms with van der Waals surface area (Å²) in [6, 6.07) is 30.0. The predicted molar refractivity (Wildman–Crippen MR) is 148 cm³/mol. The van der Waals surface area contributed by atoms with Crippen LogP contribution in [-0.4, -0.2) is 23.8 Å². The molecule has 1 aliphatic heterocycles. The topological polar surface area (TPSA) is 37.4 Å². The van der Waals surface area contributed by atoms with Crippen LogP contribution in [0.4, 0.5) is 0 Å². The lowest BCUT2D eigenvalue weighted by molar-refractivity contribution is 0.0651. The maximum Gasteiger partial charge on any atom is 0.261 e. The van der Waals surface area contributed by atoms with Crippen molar-refractivity contribution in [2.75, 3.05) is 7.05 Å². The number of benzene rings is 8. The number of fused-ring (bicyclic) bond motifs is 4. The molecule has 0 N–H and O–H groups in total. The number of rotatable bonds is 0. The number of carbonyl (C=O) groups excluding carboxylic acids is 2. The van der Waals surface area contributed by atoms with E-state index >= 15 is 0 Å². The van der Waals surface area contributed by atoms with E-state index in [0.29, 0.717) is 11.1 Å². The van der Waals surface area contributed by atoms with Crippen LogP contribution in [0.3, 0.4) is 0 Å². The molecule has 0 aromatic heterocycles. The van der Waals surface area contributed by atoms with Gasteiger partial charge in [0, 0.05) is 23.6 Å². The minimum Gasteiger partial charge on any atom is -0.277 e. The van der Waals surface area contributed by atoms with Crippen LogP contribution in [0.5, 0.6) is 0 Å². The van der Waals surface area contributed by atoms with E-state index in [0.717, 1.165) is 32.3 Å². The van der Waals surface area contributed by atoms with E-state index in [-0.39, 0.29) is 11.8 Å². The molecule has 0 unspecified atom stereocenters. The second-order valence-electron chi connectivity index (χ2n) is 10.0. The van der Waals surface area contributed by atoms with Crippen molar-refractivity contribution in [3.63, 3.8) is 0 Å². The van der Waals surface area contributed by atoms with E-state index in [1.54, 1.807) is 7.05 Å². The molecule has 36 heavy (non-hydrogen) atoms. The second kappa shape index (κ2) is 5.89. The third-order valence-corrected chi connectivity index (χ3v) is 8.46. The molecule has 0 spiro atoms. The van der Waals surface area contributed by atoms with Crippen LogP contribution < -0.4 is 0 Å². The number of imide groups is 1. The molecule has 8 aromatic carbocycles. The minimum atomic E-state index is -0.239. The van der Waals surface area contributed by atoms with Crippen LogP contribution in [-0.2, 0) is 0 Å². The smallest absolute Gasteiger partial charge is 0.261 e. The fourth-order valence-corrected chi connectivity index (χ4v) is 6.94. The van der Waals surface area contributed by atoms with Crippen molar-refractivity contribution in [1.82, 2.24) is 4.90 Å². The van der Waals surface area contributed by atoms with Gasteiger partial charge in [-0.2, -0.15) is 0 Å². The van der Waals surface area contributed by atoms with Crippen LogP contribution in [0.2, 0.25) is 0 Å². The Bertz CT molecular complexity index is 2160. The zero-order valence-corrected chi connectivity index (χ0v) is 19.3. The Hall–Kier alpha value is -4.76. The first-order valence-electron chi connectivity index (χ1n) is 12.2. The molecule has 166 valence electrons. The fraction of sp³-hybridized carbons (Fsp3) is 0.0303. The Labute approximate surface area is 204 Å². The summed E-state index contributed by atoms with van der Waals surface area (Å²) < 4.78 is 0. The molecule has 1 heterocycles. The van der Waals surface area contributed by atoms with Crippen molar-refractivity contribution in [2.24, 2.45) is 0 Å². The molecule has 1 aliphatic rings. The molecule has 0 bridgehead atoms. The first-order chi connectivity index (χ1) is 17.6. The Balaban J connectivity index is 1.60. The zero-order chi connectivity index (χ0) is 23.9. The highest BCUT2D eigenvalue weighted by molar-refractivity contribution is 6.44. The molecule has 3 heteroatoms. The summed E-state index contributed by atoms with van der Waals surface area (Å²) in [7, 11) is 1.56.